The minimum atomic E-state index is -1.00. The third-order valence-electron chi connectivity index (χ3n) is 3.94. The Morgan fingerprint density at radius 2 is 0.882 bits per heavy atom. The first-order valence-electron chi connectivity index (χ1n) is 9.47. The molecule has 3 atom stereocenters. The standard InChI is InChI=1S/3C6H9N3O2.Tb/c3*7-5(6(10)11)1-4-2-8-3-9-4;/h3*2-3,5H,1,7H2,(H,8,9)(H,10,11);/t3*5-;/m000./s1. The van der Waals surface area contributed by atoms with Gasteiger partial charge in [0.05, 0.1) is 19.0 Å². The van der Waals surface area contributed by atoms with Crippen molar-refractivity contribution in [2.75, 3.05) is 0 Å². The minimum absolute atomic E-state index is 0. The fraction of sp³-hybridized carbons (Fsp3) is 0.333. The molecule has 0 aliphatic rings. The van der Waals surface area contributed by atoms with Crippen LogP contribution in [0, 0.1) is 38.6 Å². The molecule has 0 saturated heterocycles. The zero-order valence-corrected chi connectivity index (χ0v) is 19.9. The van der Waals surface area contributed by atoms with E-state index in [1.165, 1.54) is 19.0 Å². The predicted molar refractivity (Wildman–Crippen MR) is 114 cm³/mol. The number of carboxylic acid groups (broad SMARTS) is 3. The van der Waals surface area contributed by atoms with Gasteiger partial charge in [0.1, 0.15) is 18.1 Å². The number of nitrogens with two attached hydrogens (primary N) is 3. The van der Waals surface area contributed by atoms with Gasteiger partial charge in [-0.15, -0.1) is 0 Å². The van der Waals surface area contributed by atoms with Gasteiger partial charge in [0.15, 0.2) is 0 Å². The van der Waals surface area contributed by atoms with Crippen LogP contribution >= 0.6 is 0 Å². The van der Waals surface area contributed by atoms with E-state index >= 15 is 0 Å². The monoisotopic (exact) mass is 624 g/mol. The molecule has 16 heteroatoms. The van der Waals surface area contributed by atoms with Crippen LogP contribution in [0.3, 0.4) is 0 Å². The third-order valence-corrected chi connectivity index (χ3v) is 3.94. The Morgan fingerprint density at radius 3 is 1.03 bits per heavy atom. The molecule has 1 radical (unpaired) electrons. The molecule has 0 aliphatic heterocycles. The van der Waals surface area contributed by atoms with Gasteiger partial charge in [0, 0.05) is 93.5 Å². The van der Waals surface area contributed by atoms with E-state index in [2.05, 4.69) is 29.9 Å². The number of hydrogen-bond donors (Lipinski definition) is 9. The van der Waals surface area contributed by atoms with E-state index in [0.29, 0.717) is 0 Å². The number of carbonyl (C=O) groups is 3. The number of rotatable bonds is 9. The summed E-state index contributed by atoms with van der Waals surface area (Å²) in [5.74, 6) is -3.00. The van der Waals surface area contributed by atoms with Crippen molar-refractivity contribution in [2.45, 2.75) is 37.4 Å². The Kier molecular flexibility index (Phi) is 15.4. The maximum Gasteiger partial charge on any atom is 0.320 e. The quantitative estimate of drug-likeness (QED) is 0.126. The summed E-state index contributed by atoms with van der Waals surface area (Å²) in [7, 11) is 0. The topological polar surface area (TPSA) is 276 Å². The molecule has 0 unspecified atom stereocenters. The molecule has 0 amide bonds. The molecular weight excluding hydrogens is 597 g/mol. The van der Waals surface area contributed by atoms with Crippen molar-refractivity contribution in [2.24, 2.45) is 17.2 Å². The Balaban J connectivity index is 0.000000473. The molecule has 15 nitrogen and oxygen atoms in total. The van der Waals surface area contributed by atoms with Crippen LogP contribution in [-0.4, -0.2) is 81.3 Å². The molecular formula is C18H27N9O6Tb. The number of nitrogens with zero attached hydrogens (tertiary/aromatic N) is 3. The second-order valence-corrected chi connectivity index (χ2v) is 6.68. The van der Waals surface area contributed by atoms with Crippen LogP contribution in [0.5, 0.6) is 0 Å². The third kappa shape index (κ3) is 13.0. The van der Waals surface area contributed by atoms with E-state index < -0.39 is 36.0 Å². The van der Waals surface area contributed by atoms with Gasteiger partial charge >= 0.3 is 17.9 Å². The van der Waals surface area contributed by atoms with Gasteiger partial charge in [-0.3, -0.25) is 14.4 Å². The number of aromatic nitrogens is 6. The van der Waals surface area contributed by atoms with Crippen molar-refractivity contribution >= 4 is 17.9 Å². The average Bonchev–Trinajstić information content (AvgIpc) is 3.53. The molecule has 0 aromatic carbocycles. The van der Waals surface area contributed by atoms with Crippen LogP contribution in [0.1, 0.15) is 17.1 Å². The van der Waals surface area contributed by atoms with Gasteiger partial charge in [-0.05, 0) is 0 Å². The molecule has 12 N–H and O–H groups in total. The first-order valence-corrected chi connectivity index (χ1v) is 9.47. The van der Waals surface area contributed by atoms with Gasteiger partial charge < -0.3 is 47.5 Å². The summed E-state index contributed by atoms with van der Waals surface area (Å²) >= 11 is 0. The fourth-order valence-electron chi connectivity index (χ4n) is 2.16. The summed E-state index contributed by atoms with van der Waals surface area (Å²) in [6, 6.07) is -2.55. The van der Waals surface area contributed by atoms with E-state index in [1.807, 2.05) is 0 Å². The first kappa shape index (κ1) is 31.2. The van der Waals surface area contributed by atoms with Gasteiger partial charge in [-0.2, -0.15) is 0 Å². The number of aliphatic carboxylic acids is 3. The van der Waals surface area contributed by atoms with Crippen molar-refractivity contribution in [1.29, 1.82) is 0 Å². The number of nitrogens with one attached hydrogen (secondary N) is 3. The molecule has 3 rings (SSSR count). The summed E-state index contributed by atoms with van der Waals surface area (Å²) < 4.78 is 0. The first-order chi connectivity index (χ1) is 15.6. The van der Waals surface area contributed by atoms with Crippen LogP contribution in [-0.2, 0) is 33.6 Å². The Hall–Kier alpha value is -2.79. The second-order valence-electron chi connectivity index (χ2n) is 6.68. The molecule has 0 aliphatic carbocycles. The van der Waals surface area contributed by atoms with Crippen molar-refractivity contribution in [3.63, 3.8) is 0 Å². The van der Waals surface area contributed by atoms with E-state index in [0.717, 1.165) is 17.1 Å². The summed E-state index contributed by atoms with van der Waals surface area (Å²) in [5.41, 5.74) is 18.0. The largest absolute Gasteiger partial charge is 0.480 e. The van der Waals surface area contributed by atoms with Crippen molar-refractivity contribution < 1.29 is 68.3 Å². The zero-order valence-electron chi connectivity index (χ0n) is 17.8. The molecule has 0 fully saturated rings. The summed E-state index contributed by atoms with van der Waals surface area (Å²) in [5, 5.41) is 25.3. The number of carboxylic acids is 3. The molecule has 34 heavy (non-hydrogen) atoms. The van der Waals surface area contributed by atoms with E-state index in [9.17, 15) is 14.4 Å². The normalized spacial score (nSPS) is 12.4. The van der Waals surface area contributed by atoms with Crippen LogP contribution in [0.4, 0.5) is 0 Å². The SMILES string of the molecule is N[C@@H](Cc1cnc[nH]1)C(=O)O.N[C@@H](Cc1cnc[nH]1)C(=O)O.N[C@@H](Cc1cnc[nH]1)C(=O)O.[Tb]. The van der Waals surface area contributed by atoms with E-state index in [4.69, 9.17) is 32.5 Å². The molecule has 3 heterocycles. The number of H-pyrrole nitrogens is 3. The molecule has 3 aromatic rings. The Bertz CT molecular complexity index is 827. The van der Waals surface area contributed by atoms with Gasteiger partial charge in [0.2, 0.25) is 0 Å². The van der Waals surface area contributed by atoms with Crippen LogP contribution in [0.2, 0.25) is 0 Å². The van der Waals surface area contributed by atoms with Gasteiger partial charge in [0.25, 0.3) is 0 Å². The van der Waals surface area contributed by atoms with Crippen LogP contribution in [0.25, 0.3) is 0 Å². The summed E-state index contributed by atoms with van der Waals surface area (Å²) in [6.45, 7) is 0. The van der Waals surface area contributed by atoms with E-state index in [1.54, 1.807) is 18.6 Å². The van der Waals surface area contributed by atoms with E-state index in [-0.39, 0.29) is 57.9 Å². The number of imidazole rings is 3. The fourth-order valence-corrected chi connectivity index (χ4v) is 2.16. The smallest absolute Gasteiger partial charge is 0.320 e. The van der Waals surface area contributed by atoms with Crippen molar-refractivity contribution in [1.82, 2.24) is 29.9 Å². The maximum absolute atomic E-state index is 10.3. The average molecular weight is 624 g/mol. The second kappa shape index (κ2) is 16.8. The van der Waals surface area contributed by atoms with Gasteiger partial charge in [-0.25, -0.2) is 15.0 Å². The molecule has 0 spiro atoms. The van der Waals surface area contributed by atoms with Crippen molar-refractivity contribution in [3.05, 3.63) is 54.7 Å². The zero-order chi connectivity index (χ0) is 24.8. The van der Waals surface area contributed by atoms with Gasteiger partial charge in [-0.1, -0.05) is 0 Å². The minimum Gasteiger partial charge on any atom is -0.480 e. The van der Waals surface area contributed by atoms with Crippen molar-refractivity contribution in [3.8, 4) is 0 Å². The molecule has 0 bridgehead atoms. The number of hydrogen-bond acceptors (Lipinski definition) is 9. The molecule has 0 saturated carbocycles. The Morgan fingerprint density at radius 1 is 0.647 bits per heavy atom. The molecule has 189 valence electrons. The Labute approximate surface area is 224 Å². The number of aromatic amines is 3. The summed E-state index contributed by atoms with van der Waals surface area (Å²) in [4.78, 5) is 50.3. The summed E-state index contributed by atoms with van der Waals surface area (Å²) in [6.07, 6.45) is 10.0. The van der Waals surface area contributed by atoms with Crippen LogP contribution in [0.15, 0.2) is 37.6 Å². The van der Waals surface area contributed by atoms with Crippen LogP contribution < -0.4 is 17.2 Å². The predicted octanol–water partition coefficient (Wildman–Crippen LogP) is -1.91. The molecule has 3 aromatic heterocycles. The maximum atomic E-state index is 10.3.